The van der Waals surface area contributed by atoms with E-state index in [2.05, 4.69) is 10.7 Å². The average Bonchev–Trinajstić information content (AvgIpc) is 2.96. The first-order chi connectivity index (χ1) is 14.4. The number of hydrogen-bond donors (Lipinski definition) is 2. The first kappa shape index (κ1) is 21.9. The van der Waals surface area contributed by atoms with Crippen molar-refractivity contribution in [3.8, 4) is 11.5 Å². The molecular weight excluding hydrogens is 388 g/mol. The highest BCUT2D eigenvalue weighted by Gasteiger charge is 2.52. The molecule has 0 aromatic heterocycles. The Balaban J connectivity index is 1.49. The number of hydrazine groups is 1. The fraction of sp³-hybridized carbons (Fsp3) is 0.571. The number of imide groups is 1. The van der Waals surface area contributed by atoms with E-state index in [1.165, 1.54) is 0 Å². The predicted octanol–water partition coefficient (Wildman–Crippen LogP) is 1.81. The van der Waals surface area contributed by atoms with Gasteiger partial charge < -0.3 is 19.7 Å². The average molecular weight is 418 g/mol. The summed E-state index contributed by atoms with van der Waals surface area (Å²) in [6, 6.07) is 5.13. The molecule has 9 nitrogen and oxygen atoms in total. The first-order valence-corrected chi connectivity index (χ1v) is 10.2. The van der Waals surface area contributed by atoms with Crippen molar-refractivity contribution < 1.29 is 23.9 Å². The molecule has 1 aliphatic carbocycles. The Hall–Kier alpha value is -2.81. The molecule has 1 saturated carbocycles. The van der Waals surface area contributed by atoms with E-state index in [0.29, 0.717) is 37.4 Å². The number of nitrogens with zero attached hydrogens (tertiary/aromatic N) is 2. The van der Waals surface area contributed by atoms with Gasteiger partial charge in [-0.25, -0.2) is 4.79 Å². The van der Waals surface area contributed by atoms with Crippen LogP contribution in [-0.4, -0.2) is 61.1 Å². The van der Waals surface area contributed by atoms with Crippen molar-refractivity contribution in [2.75, 3.05) is 27.8 Å². The van der Waals surface area contributed by atoms with E-state index in [1.54, 1.807) is 14.2 Å². The smallest absolute Gasteiger partial charge is 0.344 e. The van der Waals surface area contributed by atoms with Gasteiger partial charge in [-0.2, -0.15) is 5.01 Å². The normalized spacial score (nSPS) is 17.9. The molecule has 1 saturated heterocycles. The Labute approximate surface area is 176 Å². The number of carbonyl (C=O) groups is 3. The fourth-order valence-electron chi connectivity index (χ4n) is 4.06. The molecule has 1 aromatic carbocycles. The van der Waals surface area contributed by atoms with Gasteiger partial charge in [0.05, 0.1) is 14.2 Å². The summed E-state index contributed by atoms with van der Waals surface area (Å²) in [5.74, 6) is 0.591. The third-order valence-electron chi connectivity index (χ3n) is 5.73. The summed E-state index contributed by atoms with van der Waals surface area (Å²) in [5.41, 5.74) is 2.65. The molecule has 1 aliphatic heterocycles. The van der Waals surface area contributed by atoms with E-state index in [9.17, 15) is 14.4 Å². The third-order valence-corrected chi connectivity index (χ3v) is 5.73. The Morgan fingerprint density at radius 1 is 1.17 bits per heavy atom. The Bertz CT molecular complexity index is 807. The summed E-state index contributed by atoms with van der Waals surface area (Å²) in [5, 5.41) is 3.63. The lowest BCUT2D eigenvalue weighted by Gasteiger charge is -2.30. The van der Waals surface area contributed by atoms with Gasteiger partial charge in [0.1, 0.15) is 5.54 Å². The van der Waals surface area contributed by atoms with Crippen LogP contribution >= 0.6 is 0 Å². The van der Waals surface area contributed by atoms with Gasteiger partial charge in [0.2, 0.25) is 5.91 Å². The van der Waals surface area contributed by atoms with Crippen LogP contribution in [0.2, 0.25) is 0 Å². The highest BCUT2D eigenvalue weighted by atomic mass is 16.5. The molecule has 1 heterocycles. The lowest BCUT2D eigenvalue weighted by molar-refractivity contribution is -0.140. The highest BCUT2D eigenvalue weighted by molar-refractivity contribution is 6.08. The topological polar surface area (TPSA) is 100 Å². The van der Waals surface area contributed by atoms with Crippen LogP contribution in [0.1, 0.15) is 44.1 Å². The van der Waals surface area contributed by atoms with Gasteiger partial charge in [-0.05, 0) is 37.6 Å². The second-order valence-electron chi connectivity index (χ2n) is 7.93. The number of amides is 4. The number of carbonyl (C=O) groups excluding carboxylic acids is 3. The summed E-state index contributed by atoms with van der Waals surface area (Å²) in [6.45, 7) is 1.08. The van der Waals surface area contributed by atoms with Gasteiger partial charge in [-0.15, -0.1) is 0 Å². The second kappa shape index (κ2) is 9.34. The zero-order chi connectivity index (χ0) is 21.7. The monoisotopic (exact) mass is 418 g/mol. The number of ether oxygens (including phenoxy) is 2. The molecule has 1 spiro atoms. The minimum Gasteiger partial charge on any atom is -0.493 e. The van der Waals surface area contributed by atoms with Crippen LogP contribution in [0, 0.1) is 0 Å². The van der Waals surface area contributed by atoms with Crippen LogP contribution in [-0.2, 0) is 16.1 Å². The van der Waals surface area contributed by atoms with Gasteiger partial charge in [0.15, 0.2) is 11.5 Å². The second-order valence-corrected chi connectivity index (χ2v) is 7.93. The highest BCUT2D eigenvalue weighted by Crippen LogP contribution is 2.33. The fourth-order valence-corrected chi connectivity index (χ4v) is 4.06. The maximum atomic E-state index is 12.7. The molecule has 4 amide bonds. The zero-order valence-electron chi connectivity index (χ0n) is 17.8. The van der Waals surface area contributed by atoms with Crippen molar-refractivity contribution in [2.24, 2.45) is 0 Å². The maximum absolute atomic E-state index is 12.7. The van der Waals surface area contributed by atoms with E-state index in [0.717, 1.165) is 29.8 Å². The Morgan fingerprint density at radius 2 is 1.87 bits per heavy atom. The van der Waals surface area contributed by atoms with Crippen LogP contribution in [0.4, 0.5) is 4.79 Å². The van der Waals surface area contributed by atoms with E-state index >= 15 is 0 Å². The van der Waals surface area contributed by atoms with Gasteiger partial charge >= 0.3 is 6.03 Å². The Morgan fingerprint density at radius 3 is 2.53 bits per heavy atom. The van der Waals surface area contributed by atoms with Crippen molar-refractivity contribution in [3.63, 3.8) is 0 Å². The molecule has 30 heavy (non-hydrogen) atoms. The number of urea groups is 1. The molecule has 0 bridgehead atoms. The SMILES string of the molecule is COc1ccc(CN(C)CCC(=O)NN2C(=O)NC3(CCCCC3)C2=O)cc1OC. The number of methoxy groups -OCH3 is 2. The molecule has 2 aliphatic rings. The molecule has 3 rings (SSSR count). The van der Waals surface area contributed by atoms with Crippen molar-refractivity contribution in [2.45, 2.75) is 50.6 Å². The minimum atomic E-state index is -0.840. The van der Waals surface area contributed by atoms with Gasteiger partial charge in [0.25, 0.3) is 5.91 Å². The van der Waals surface area contributed by atoms with E-state index in [-0.39, 0.29) is 18.2 Å². The standard InChI is InChI=1S/C21H30N4O5/c1-24(14-15-7-8-16(29-2)17(13-15)30-3)12-9-18(26)23-25-19(27)21(22-20(25)28)10-5-4-6-11-21/h7-8,13H,4-6,9-12,14H2,1-3H3,(H,22,28)(H,23,26). The summed E-state index contributed by atoms with van der Waals surface area (Å²) in [7, 11) is 5.07. The molecule has 9 heteroatoms. The third kappa shape index (κ3) is 4.67. The molecular formula is C21H30N4O5. The molecule has 2 fully saturated rings. The van der Waals surface area contributed by atoms with Crippen LogP contribution in [0.25, 0.3) is 0 Å². The van der Waals surface area contributed by atoms with E-state index < -0.39 is 11.6 Å². The van der Waals surface area contributed by atoms with Gasteiger partial charge in [0, 0.05) is 19.5 Å². The predicted molar refractivity (Wildman–Crippen MR) is 110 cm³/mol. The number of nitrogens with one attached hydrogen (secondary N) is 2. The van der Waals surface area contributed by atoms with E-state index in [4.69, 9.17) is 9.47 Å². The van der Waals surface area contributed by atoms with Gasteiger partial charge in [-0.3, -0.25) is 15.0 Å². The zero-order valence-corrected chi connectivity index (χ0v) is 17.8. The molecule has 1 aromatic rings. The summed E-state index contributed by atoms with van der Waals surface area (Å²) >= 11 is 0. The van der Waals surface area contributed by atoms with Gasteiger partial charge in [-0.1, -0.05) is 25.3 Å². The lowest BCUT2D eigenvalue weighted by Crippen LogP contribution is -2.51. The van der Waals surface area contributed by atoms with Crippen molar-refractivity contribution in [3.05, 3.63) is 23.8 Å². The van der Waals surface area contributed by atoms with Crippen LogP contribution < -0.4 is 20.2 Å². The van der Waals surface area contributed by atoms with Crippen LogP contribution in [0.5, 0.6) is 11.5 Å². The number of hydrogen-bond acceptors (Lipinski definition) is 6. The Kier molecular flexibility index (Phi) is 6.81. The number of benzene rings is 1. The van der Waals surface area contributed by atoms with Crippen LogP contribution in [0.3, 0.4) is 0 Å². The van der Waals surface area contributed by atoms with E-state index in [1.807, 2.05) is 30.1 Å². The minimum absolute atomic E-state index is 0.161. The lowest BCUT2D eigenvalue weighted by atomic mass is 9.82. The maximum Gasteiger partial charge on any atom is 0.344 e. The molecule has 0 atom stereocenters. The first-order valence-electron chi connectivity index (χ1n) is 10.2. The summed E-state index contributed by atoms with van der Waals surface area (Å²) in [6.07, 6.45) is 4.26. The van der Waals surface area contributed by atoms with Crippen molar-refractivity contribution >= 4 is 17.8 Å². The summed E-state index contributed by atoms with van der Waals surface area (Å²) in [4.78, 5) is 39.3. The molecule has 164 valence electrons. The molecule has 2 N–H and O–H groups in total. The summed E-state index contributed by atoms with van der Waals surface area (Å²) < 4.78 is 10.6. The largest absolute Gasteiger partial charge is 0.493 e. The number of rotatable bonds is 8. The van der Waals surface area contributed by atoms with Crippen molar-refractivity contribution in [1.82, 2.24) is 20.7 Å². The molecule has 0 radical (unpaired) electrons. The molecule has 0 unspecified atom stereocenters. The van der Waals surface area contributed by atoms with Crippen LogP contribution in [0.15, 0.2) is 18.2 Å². The van der Waals surface area contributed by atoms with Crippen molar-refractivity contribution in [1.29, 1.82) is 0 Å². The quantitative estimate of drug-likeness (QED) is 0.625.